The first kappa shape index (κ1) is 18.9. The quantitative estimate of drug-likeness (QED) is 0.621. The van der Waals surface area contributed by atoms with Crippen molar-refractivity contribution in [2.75, 3.05) is 12.8 Å². The highest BCUT2D eigenvalue weighted by Gasteiger charge is 2.18. The third-order valence-corrected chi connectivity index (χ3v) is 4.41. The van der Waals surface area contributed by atoms with Gasteiger partial charge in [-0.1, -0.05) is 18.2 Å². The Bertz CT molecular complexity index is 926. The van der Waals surface area contributed by atoms with Gasteiger partial charge in [0.25, 0.3) is 0 Å². The van der Waals surface area contributed by atoms with E-state index in [0.717, 1.165) is 22.8 Å². The highest BCUT2D eigenvalue weighted by molar-refractivity contribution is 5.68. The number of rotatable bonds is 6. The predicted molar refractivity (Wildman–Crippen MR) is 102 cm³/mol. The molecule has 0 radical (unpaired) electrons. The standard InChI is InChI=1S/C21H21F2N3O/c1-25-19(10-14-8-16(22)11-17(23)9-14)21-18(5-6-20(24)26-21)15-4-2-3-13(7-15)12-27/h2-9,11,19,25,27H,10,12H2,1H3,(H2,24,26). The van der Waals surface area contributed by atoms with Crippen molar-refractivity contribution in [3.8, 4) is 11.1 Å². The number of nitrogens with two attached hydrogens (primary N) is 1. The van der Waals surface area contributed by atoms with E-state index in [9.17, 15) is 13.9 Å². The molecule has 0 aliphatic heterocycles. The molecule has 6 heteroatoms. The summed E-state index contributed by atoms with van der Waals surface area (Å²) in [5, 5.41) is 12.6. The number of benzene rings is 2. The van der Waals surface area contributed by atoms with Crippen LogP contribution in [0.3, 0.4) is 0 Å². The van der Waals surface area contributed by atoms with Gasteiger partial charge >= 0.3 is 0 Å². The van der Waals surface area contributed by atoms with Crippen molar-refractivity contribution in [2.45, 2.75) is 19.1 Å². The van der Waals surface area contributed by atoms with Crippen molar-refractivity contribution >= 4 is 5.82 Å². The SMILES string of the molecule is CNC(Cc1cc(F)cc(F)c1)c1nc(N)ccc1-c1cccc(CO)c1. The first-order valence-electron chi connectivity index (χ1n) is 8.59. The summed E-state index contributed by atoms with van der Waals surface area (Å²) in [4.78, 5) is 4.48. The maximum Gasteiger partial charge on any atom is 0.126 e. The molecule has 3 aromatic rings. The van der Waals surface area contributed by atoms with E-state index in [1.807, 2.05) is 30.3 Å². The van der Waals surface area contributed by atoms with Gasteiger partial charge in [-0.15, -0.1) is 0 Å². The predicted octanol–water partition coefficient (Wildman–Crippen LogP) is 3.60. The lowest BCUT2D eigenvalue weighted by atomic mass is 9.94. The molecule has 27 heavy (non-hydrogen) atoms. The third-order valence-electron chi connectivity index (χ3n) is 4.41. The number of aliphatic hydroxyl groups is 1. The van der Waals surface area contributed by atoms with Gasteiger partial charge in [0, 0.05) is 11.6 Å². The number of hydrogen-bond acceptors (Lipinski definition) is 4. The Labute approximate surface area is 156 Å². The second-order valence-electron chi connectivity index (χ2n) is 6.35. The second kappa shape index (κ2) is 8.24. The number of nitrogens with zero attached hydrogens (tertiary/aromatic N) is 1. The number of aliphatic hydroxyl groups excluding tert-OH is 1. The van der Waals surface area contributed by atoms with Gasteiger partial charge in [0.2, 0.25) is 0 Å². The summed E-state index contributed by atoms with van der Waals surface area (Å²) in [7, 11) is 1.76. The molecule has 4 nitrogen and oxygen atoms in total. The lowest BCUT2D eigenvalue weighted by Gasteiger charge is -2.20. The van der Waals surface area contributed by atoms with Crippen LogP contribution in [-0.2, 0) is 13.0 Å². The average Bonchev–Trinajstić information content (AvgIpc) is 2.65. The Morgan fingerprint density at radius 1 is 1.04 bits per heavy atom. The minimum Gasteiger partial charge on any atom is -0.392 e. The highest BCUT2D eigenvalue weighted by atomic mass is 19.1. The minimum atomic E-state index is -0.615. The highest BCUT2D eigenvalue weighted by Crippen LogP contribution is 2.30. The summed E-state index contributed by atoms with van der Waals surface area (Å²) >= 11 is 0. The fourth-order valence-corrected chi connectivity index (χ4v) is 3.14. The monoisotopic (exact) mass is 369 g/mol. The lowest BCUT2D eigenvalue weighted by Crippen LogP contribution is -2.21. The number of aromatic nitrogens is 1. The van der Waals surface area contributed by atoms with Crippen LogP contribution in [0.1, 0.15) is 22.9 Å². The topological polar surface area (TPSA) is 71.2 Å². The molecule has 2 aromatic carbocycles. The van der Waals surface area contributed by atoms with Crippen LogP contribution < -0.4 is 11.1 Å². The van der Waals surface area contributed by atoms with Gasteiger partial charge in [-0.3, -0.25) is 0 Å². The molecular weight excluding hydrogens is 348 g/mol. The first-order chi connectivity index (χ1) is 13.0. The van der Waals surface area contributed by atoms with E-state index >= 15 is 0 Å². The van der Waals surface area contributed by atoms with E-state index in [1.54, 1.807) is 13.1 Å². The minimum absolute atomic E-state index is 0.0659. The fourth-order valence-electron chi connectivity index (χ4n) is 3.14. The zero-order chi connectivity index (χ0) is 19.4. The number of pyridine rings is 1. The van der Waals surface area contributed by atoms with Crippen LogP contribution in [0.15, 0.2) is 54.6 Å². The van der Waals surface area contributed by atoms with Gasteiger partial charge in [0.1, 0.15) is 17.5 Å². The average molecular weight is 369 g/mol. The summed E-state index contributed by atoms with van der Waals surface area (Å²) in [6, 6.07) is 14.2. The molecule has 0 aliphatic rings. The van der Waals surface area contributed by atoms with Crippen LogP contribution >= 0.6 is 0 Å². The van der Waals surface area contributed by atoms with E-state index in [4.69, 9.17) is 5.73 Å². The van der Waals surface area contributed by atoms with Crippen LogP contribution in [0.2, 0.25) is 0 Å². The molecule has 0 saturated heterocycles. The largest absolute Gasteiger partial charge is 0.392 e. The molecule has 1 atom stereocenters. The van der Waals surface area contributed by atoms with Gasteiger partial charge in [0.05, 0.1) is 18.3 Å². The van der Waals surface area contributed by atoms with E-state index in [2.05, 4.69) is 10.3 Å². The molecule has 0 spiro atoms. The van der Waals surface area contributed by atoms with Crippen molar-refractivity contribution in [1.29, 1.82) is 0 Å². The Hall–Kier alpha value is -2.83. The van der Waals surface area contributed by atoms with E-state index in [-0.39, 0.29) is 12.6 Å². The summed E-state index contributed by atoms with van der Waals surface area (Å²) in [6.45, 7) is -0.0659. The molecule has 1 heterocycles. The van der Waals surface area contributed by atoms with Crippen LogP contribution in [-0.4, -0.2) is 17.1 Å². The van der Waals surface area contributed by atoms with Crippen molar-refractivity contribution in [2.24, 2.45) is 0 Å². The molecule has 0 saturated carbocycles. The molecule has 3 rings (SSSR count). The number of nitrogens with one attached hydrogen (secondary N) is 1. The first-order valence-corrected chi connectivity index (χ1v) is 8.59. The van der Waals surface area contributed by atoms with Gasteiger partial charge < -0.3 is 16.2 Å². The molecule has 0 aliphatic carbocycles. The van der Waals surface area contributed by atoms with Gasteiger partial charge in [0.15, 0.2) is 0 Å². The van der Waals surface area contributed by atoms with Crippen molar-refractivity contribution < 1.29 is 13.9 Å². The third kappa shape index (κ3) is 4.48. The number of hydrogen-bond donors (Lipinski definition) is 3. The van der Waals surface area contributed by atoms with E-state index in [1.165, 1.54) is 12.1 Å². The van der Waals surface area contributed by atoms with Gasteiger partial charge in [-0.25, -0.2) is 13.8 Å². The van der Waals surface area contributed by atoms with Crippen LogP contribution in [0, 0.1) is 11.6 Å². The summed E-state index contributed by atoms with van der Waals surface area (Å²) in [5.41, 5.74) is 9.60. The van der Waals surface area contributed by atoms with E-state index < -0.39 is 11.6 Å². The van der Waals surface area contributed by atoms with E-state index in [0.29, 0.717) is 23.5 Å². The number of halogens is 2. The maximum absolute atomic E-state index is 13.6. The normalized spacial score (nSPS) is 12.1. The molecular formula is C21H21F2N3O. The van der Waals surface area contributed by atoms with Crippen molar-refractivity contribution in [3.05, 3.63) is 83.1 Å². The Morgan fingerprint density at radius 3 is 2.44 bits per heavy atom. The number of nitrogen functional groups attached to an aromatic ring is 1. The number of anilines is 1. The van der Waals surface area contributed by atoms with Crippen molar-refractivity contribution in [3.63, 3.8) is 0 Å². The lowest BCUT2D eigenvalue weighted by molar-refractivity contribution is 0.282. The Kier molecular flexibility index (Phi) is 5.78. The molecule has 1 unspecified atom stereocenters. The Balaban J connectivity index is 2.03. The van der Waals surface area contributed by atoms with Crippen molar-refractivity contribution in [1.82, 2.24) is 10.3 Å². The molecule has 0 amide bonds. The molecule has 0 bridgehead atoms. The van der Waals surface area contributed by atoms with Gasteiger partial charge in [-0.2, -0.15) is 0 Å². The Morgan fingerprint density at radius 2 is 1.78 bits per heavy atom. The zero-order valence-corrected chi connectivity index (χ0v) is 14.9. The van der Waals surface area contributed by atoms with Crippen LogP contribution in [0.5, 0.6) is 0 Å². The molecule has 4 N–H and O–H groups in total. The maximum atomic E-state index is 13.6. The molecule has 140 valence electrons. The summed E-state index contributed by atoms with van der Waals surface area (Å²) in [5.74, 6) is -0.870. The van der Waals surface area contributed by atoms with Gasteiger partial charge in [-0.05, 0) is 60.5 Å². The number of likely N-dealkylation sites (N-methyl/N-ethyl adjacent to an activating group) is 1. The van der Waals surface area contributed by atoms with Crippen LogP contribution in [0.4, 0.5) is 14.6 Å². The van der Waals surface area contributed by atoms with Crippen LogP contribution in [0.25, 0.3) is 11.1 Å². The molecule has 1 aromatic heterocycles. The molecule has 0 fully saturated rings. The second-order valence-corrected chi connectivity index (χ2v) is 6.35. The summed E-state index contributed by atoms with van der Waals surface area (Å²) in [6.07, 6.45) is 0.342. The smallest absolute Gasteiger partial charge is 0.126 e. The fraction of sp³-hybridized carbons (Fsp3) is 0.190. The summed E-state index contributed by atoms with van der Waals surface area (Å²) < 4.78 is 27.1. The zero-order valence-electron chi connectivity index (χ0n) is 14.9.